The molecule has 0 unspecified atom stereocenters. The number of amides is 1. The molecule has 1 heterocycles. The average Bonchev–Trinajstić information content (AvgIpc) is 2.74. The molecular weight excluding hydrogens is 282 g/mol. The van der Waals surface area contributed by atoms with Gasteiger partial charge in [0.05, 0.1) is 16.8 Å². The Morgan fingerprint density at radius 1 is 1.30 bits per heavy atom. The minimum absolute atomic E-state index is 0.00807. The van der Waals surface area contributed by atoms with Crippen molar-refractivity contribution in [3.05, 3.63) is 36.7 Å². The molecule has 0 atom stereocenters. The summed E-state index contributed by atoms with van der Waals surface area (Å²) in [6, 6.07) is 5.54. The van der Waals surface area contributed by atoms with Crippen LogP contribution in [0.2, 0.25) is 0 Å². The Morgan fingerprint density at radius 2 is 1.95 bits per heavy atom. The van der Waals surface area contributed by atoms with Gasteiger partial charge in [0.15, 0.2) is 0 Å². The summed E-state index contributed by atoms with van der Waals surface area (Å²) in [5.74, 6) is -0.309. The van der Waals surface area contributed by atoms with Gasteiger partial charge in [0.2, 0.25) is 15.9 Å². The highest BCUT2D eigenvalue weighted by Gasteiger charge is 2.08. The van der Waals surface area contributed by atoms with Gasteiger partial charge in [-0.25, -0.2) is 13.6 Å². The number of nitrogens with two attached hydrogens (primary N) is 2. The highest BCUT2D eigenvalue weighted by atomic mass is 32.2. The minimum Gasteiger partial charge on any atom is -0.396 e. The number of primary sulfonamides is 1. The van der Waals surface area contributed by atoms with Crippen LogP contribution in [-0.2, 0) is 21.4 Å². The Hall–Kier alpha value is -2.39. The van der Waals surface area contributed by atoms with Gasteiger partial charge in [-0.05, 0) is 24.3 Å². The number of carbonyl (C=O) groups is 1. The molecule has 1 aromatic carbocycles. The van der Waals surface area contributed by atoms with Gasteiger partial charge in [-0.15, -0.1) is 0 Å². The van der Waals surface area contributed by atoms with E-state index < -0.39 is 10.0 Å². The van der Waals surface area contributed by atoms with Crippen molar-refractivity contribution in [3.8, 4) is 0 Å². The molecular formula is C11H13N5O3S. The van der Waals surface area contributed by atoms with Crippen molar-refractivity contribution in [2.75, 3.05) is 11.1 Å². The third-order valence-electron chi connectivity index (χ3n) is 2.43. The zero-order valence-electron chi connectivity index (χ0n) is 10.4. The third-order valence-corrected chi connectivity index (χ3v) is 3.35. The van der Waals surface area contributed by atoms with E-state index in [0.717, 1.165) is 0 Å². The number of nitrogens with one attached hydrogen (secondary N) is 1. The van der Waals surface area contributed by atoms with Crippen LogP contribution in [0, 0.1) is 0 Å². The summed E-state index contributed by atoms with van der Waals surface area (Å²) in [7, 11) is -3.73. The number of nitrogens with zero attached hydrogens (tertiary/aromatic N) is 2. The van der Waals surface area contributed by atoms with Crippen LogP contribution in [0.3, 0.4) is 0 Å². The maximum atomic E-state index is 11.7. The van der Waals surface area contributed by atoms with Gasteiger partial charge >= 0.3 is 0 Å². The van der Waals surface area contributed by atoms with Crippen LogP contribution in [0.5, 0.6) is 0 Å². The predicted molar refractivity (Wildman–Crippen MR) is 73.1 cm³/mol. The van der Waals surface area contributed by atoms with Crippen molar-refractivity contribution in [2.45, 2.75) is 11.4 Å². The first-order valence-corrected chi connectivity index (χ1v) is 7.10. The van der Waals surface area contributed by atoms with E-state index in [4.69, 9.17) is 10.9 Å². The molecule has 5 N–H and O–H groups in total. The second-order valence-electron chi connectivity index (χ2n) is 4.09. The number of sulfonamides is 1. The number of nitrogen functional groups attached to an aromatic ring is 1. The molecule has 20 heavy (non-hydrogen) atoms. The van der Waals surface area contributed by atoms with Crippen LogP contribution in [0.4, 0.5) is 11.4 Å². The molecule has 2 rings (SSSR count). The van der Waals surface area contributed by atoms with Gasteiger partial charge in [-0.2, -0.15) is 5.10 Å². The van der Waals surface area contributed by atoms with Crippen molar-refractivity contribution in [1.29, 1.82) is 0 Å². The SMILES string of the molecule is Nc1cnn(CC(=O)Nc2ccc(S(N)(=O)=O)cc2)c1. The summed E-state index contributed by atoms with van der Waals surface area (Å²) >= 11 is 0. The maximum Gasteiger partial charge on any atom is 0.246 e. The van der Waals surface area contributed by atoms with Crippen LogP contribution >= 0.6 is 0 Å². The third kappa shape index (κ3) is 3.56. The van der Waals surface area contributed by atoms with E-state index in [2.05, 4.69) is 10.4 Å². The molecule has 106 valence electrons. The first kappa shape index (κ1) is 14.0. The zero-order chi connectivity index (χ0) is 14.8. The smallest absolute Gasteiger partial charge is 0.246 e. The molecule has 0 fully saturated rings. The molecule has 0 spiro atoms. The molecule has 0 bridgehead atoms. The van der Waals surface area contributed by atoms with Crippen molar-refractivity contribution in [2.24, 2.45) is 5.14 Å². The predicted octanol–water partition coefficient (Wildman–Crippen LogP) is -0.249. The Bertz CT molecular complexity index is 721. The van der Waals surface area contributed by atoms with Crippen LogP contribution in [0.1, 0.15) is 0 Å². The summed E-state index contributed by atoms with van der Waals surface area (Å²) in [6.45, 7) is 0.00807. The fourth-order valence-corrected chi connectivity index (χ4v) is 2.06. The van der Waals surface area contributed by atoms with Gasteiger partial charge in [0, 0.05) is 11.9 Å². The molecule has 0 aliphatic heterocycles. The highest BCUT2D eigenvalue weighted by molar-refractivity contribution is 7.89. The van der Waals surface area contributed by atoms with E-state index in [1.165, 1.54) is 41.3 Å². The lowest BCUT2D eigenvalue weighted by Crippen LogP contribution is -2.19. The summed E-state index contributed by atoms with van der Waals surface area (Å²) < 4.78 is 23.5. The quantitative estimate of drug-likeness (QED) is 0.715. The van der Waals surface area contributed by atoms with E-state index in [-0.39, 0.29) is 17.3 Å². The number of rotatable bonds is 4. The van der Waals surface area contributed by atoms with Gasteiger partial charge in [0.1, 0.15) is 6.54 Å². The number of hydrogen-bond donors (Lipinski definition) is 3. The maximum absolute atomic E-state index is 11.7. The minimum atomic E-state index is -3.73. The second-order valence-corrected chi connectivity index (χ2v) is 5.65. The molecule has 0 saturated carbocycles. The summed E-state index contributed by atoms with van der Waals surface area (Å²) in [6.07, 6.45) is 2.97. The molecule has 0 radical (unpaired) electrons. The molecule has 0 aliphatic carbocycles. The molecule has 1 amide bonds. The topological polar surface area (TPSA) is 133 Å². The van der Waals surface area contributed by atoms with Crippen LogP contribution in [0.25, 0.3) is 0 Å². The lowest BCUT2D eigenvalue weighted by atomic mass is 10.3. The molecule has 0 aliphatic rings. The molecule has 9 heteroatoms. The monoisotopic (exact) mass is 295 g/mol. The van der Waals surface area contributed by atoms with Gasteiger partial charge in [0.25, 0.3) is 0 Å². The average molecular weight is 295 g/mol. The Kier molecular flexibility index (Phi) is 3.72. The van der Waals surface area contributed by atoms with Crippen molar-refractivity contribution >= 4 is 27.3 Å². The lowest BCUT2D eigenvalue weighted by Gasteiger charge is -2.06. The van der Waals surface area contributed by atoms with E-state index >= 15 is 0 Å². The molecule has 2 aromatic rings. The van der Waals surface area contributed by atoms with Crippen molar-refractivity contribution < 1.29 is 13.2 Å². The van der Waals surface area contributed by atoms with E-state index in [1.54, 1.807) is 0 Å². The molecule has 1 aromatic heterocycles. The fourth-order valence-electron chi connectivity index (χ4n) is 1.54. The van der Waals surface area contributed by atoms with E-state index in [0.29, 0.717) is 11.4 Å². The van der Waals surface area contributed by atoms with Gasteiger partial charge in [-0.1, -0.05) is 0 Å². The van der Waals surface area contributed by atoms with Crippen molar-refractivity contribution in [1.82, 2.24) is 9.78 Å². The number of benzene rings is 1. The van der Waals surface area contributed by atoms with E-state index in [9.17, 15) is 13.2 Å². The lowest BCUT2D eigenvalue weighted by molar-refractivity contribution is -0.116. The summed E-state index contributed by atoms with van der Waals surface area (Å²) in [5.41, 5.74) is 6.41. The van der Waals surface area contributed by atoms with Crippen LogP contribution in [-0.4, -0.2) is 24.1 Å². The Morgan fingerprint density at radius 3 is 2.45 bits per heavy atom. The molecule has 8 nitrogen and oxygen atoms in total. The van der Waals surface area contributed by atoms with Gasteiger partial charge < -0.3 is 11.1 Å². The zero-order valence-corrected chi connectivity index (χ0v) is 11.2. The number of anilines is 2. The first-order valence-electron chi connectivity index (χ1n) is 5.55. The second kappa shape index (κ2) is 5.31. The number of hydrogen-bond acceptors (Lipinski definition) is 5. The Labute approximate surface area is 115 Å². The largest absolute Gasteiger partial charge is 0.396 e. The molecule has 0 saturated heterocycles. The van der Waals surface area contributed by atoms with Gasteiger partial charge in [-0.3, -0.25) is 9.48 Å². The summed E-state index contributed by atoms with van der Waals surface area (Å²) in [5, 5.41) is 11.5. The standard InChI is InChI=1S/C11H13N5O3S/c12-8-5-14-16(6-8)7-11(17)15-9-1-3-10(4-2-9)20(13,18)19/h1-6H,7,12H2,(H,15,17)(H2,13,18,19). The normalized spacial score (nSPS) is 11.2. The highest BCUT2D eigenvalue weighted by Crippen LogP contribution is 2.12. The van der Waals surface area contributed by atoms with Crippen molar-refractivity contribution in [3.63, 3.8) is 0 Å². The number of carbonyl (C=O) groups excluding carboxylic acids is 1. The van der Waals surface area contributed by atoms with Crippen LogP contribution in [0.15, 0.2) is 41.6 Å². The van der Waals surface area contributed by atoms with Crippen LogP contribution < -0.4 is 16.2 Å². The summed E-state index contributed by atoms with van der Waals surface area (Å²) in [4.78, 5) is 11.7. The number of aromatic nitrogens is 2. The van der Waals surface area contributed by atoms with E-state index in [1.807, 2.05) is 0 Å². The first-order chi connectivity index (χ1) is 9.34. The Balaban J connectivity index is 2.01. The fraction of sp³-hybridized carbons (Fsp3) is 0.0909.